The number of ether oxygens (including phenoxy) is 4. The highest BCUT2D eigenvalue weighted by molar-refractivity contribution is 6.39. The van der Waals surface area contributed by atoms with Crippen molar-refractivity contribution in [2.75, 3.05) is 41.1 Å². The van der Waals surface area contributed by atoms with Gasteiger partial charge in [-0.25, -0.2) is 4.79 Å². The Balaban J connectivity index is 0.00000445. The Morgan fingerprint density at radius 3 is 2.18 bits per heavy atom. The summed E-state index contributed by atoms with van der Waals surface area (Å²) < 4.78 is 23.9. The maximum absolute atomic E-state index is 14.4. The van der Waals surface area contributed by atoms with Gasteiger partial charge in [-0.15, -0.1) is 0 Å². The van der Waals surface area contributed by atoms with Crippen LogP contribution >= 0.6 is 0 Å². The molecule has 4 rings (SSSR count). The number of cyclic esters (lactones) is 1. The quantitative estimate of drug-likeness (QED) is 0.0969. The number of allylic oxidation sites excluding steroid dienone is 7. The van der Waals surface area contributed by atoms with Crippen molar-refractivity contribution in [2.24, 2.45) is 40.9 Å². The molecular weight excluding hydrogens is 943 g/mol. The van der Waals surface area contributed by atoms with Gasteiger partial charge in [-0.05, 0) is 121 Å². The predicted octanol–water partition coefficient (Wildman–Crippen LogP) is 5.69. The molecule has 6 N–H and O–H groups in total. The van der Waals surface area contributed by atoms with E-state index in [1.165, 1.54) is 18.9 Å². The molecule has 3 aliphatic heterocycles. The minimum Gasteiger partial charge on any atom is -0.460 e. The first-order chi connectivity index (χ1) is 34.6. The minimum atomic E-state index is -2.39. The average molecular weight is 1030 g/mol. The van der Waals surface area contributed by atoms with E-state index in [1.807, 2.05) is 58.1 Å². The van der Waals surface area contributed by atoms with E-state index >= 15 is 0 Å². The molecule has 3 unspecified atom stereocenters. The van der Waals surface area contributed by atoms with Crippen molar-refractivity contribution in [1.29, 1.82) is 0 Å². The molecule has 0 spiro atoms. The molecule has 3 fully saturated rings. The van der Waals surface area contributed by atoms with Crippen LogP contribution in [0.4, 0.5) is 0 Å². The van der Waals surface area contributed by atoms with E-state index in [2.05, 4.69) is 0 Å². The highest BCUT2D eigenvalue weighted by Gasteiger charge is 2.53. The number of fused-ring (bicyclic) bond motifs is 3. The molecule has 0 aromatic heterocycles. The monoisotopic (exact) mass is 1030 g/mol. The number of ketones is 3. The molecule has 0 radical (unpaired) electrons. The van der Waals surface area contributed by atoms with E-state index in [-0.39, 0.29) is 55.1 Å². The van der Waals surface area contributed by atoms with Gasteiger partial charge < -0.3 is 54.5 Å². The van der Waals surface area contributed by atoms with Gasteiger partial charge in [-0.1, -0.05) is 76.6 Å². The molecule has 17 nitrogen and oxygen atoms in total. The fourth-order valence-corrected chi connectivity index (χ4v) is 10.1. The number of carbonyl (C=O) groups is 6. The summed E-state index contributed by atoms with van der Waals surface area (Å²) in [7, 11) is 3.51. The van der Waals surface area contributed by atoms with Gasteiger partial charge in [0, 0.05) is 58.5 Å². The number of aliphatic hydroxyl groups excluding tert-OH is 5. The van der Waals surface area contributed by atoms with Crippen LogP contribution < -0.4 is 0 Å². The Labute approximate surface area is 434 Å². The lowest BCUT2D eigenvalue weighted by Gasteiger charge is -2.42. The largest absolute Gasteiger partial charge is 0.460 e. The molecular formula is C56H91NO16. The number of esters is 2. The van der Waals surface area contributed by atoms with Crippen molar-refractivity contribution in [1.82, 2.24) is 4.90 Å². The van der Waals surface area contributed by atoms with Gasteiger partial charge in [-0.2, -0.15) is 0 Å². The number of piperidine rings is 1. The number of carbonyl (C=O) groups excluding carboxylic acids is 6. The summed E-state index contributed by atoms with van der Waals surface area (Å²) in [5.74, 6) is -8.45. The normalized spacial score (nSPS) is 34.9. The van der Waals surface area contributed by atoms with Crippen LogP contribution in [-0.2, 0) is 47.7 Å². The molecule has 73 heavy (non-hydrogen) atoms. The fourth-order valence-electron chi connectivity index (χ4n) is 10.1. The number of aliphatic hydroxyl groups is 6. The zero-order valence-electron chi connectivity index (χ0n) is 45.6. The zero-order valence-corrected chi connectivity index (χ0v) is 45.6. The molecule has 1 aliphatic carbocycles. The Morgan fingerprint density at radius 2 is 1.53 bits per heavy atom. The standard InChI is InChI=1S/C54H83NO14.2CH4O/c1-33-15-11-10-12-16-34(2)25-35(3)43(58)29-44(59)36(4)26-37(5)45(60)30-47(38(6)27-40-20-23-46(48(28-40)66-9)68-52(64)53(8,31-56)32-57)67-51(63)42-17-13-14-24-55(42)50(62)49(61)54(65)39(7)19-22-41(69-54)21-18-33;2*1-2/h10-12,15-16,26,34-35,37-42,44,46-48,56-57,59,65H,13-14,17-25,27-32H2,1-9H3;2*2H,1H3/b11-10+,16-12+,33-15+,36-26+;;/t34-,35-,37-,38-,39-,40+,41?,42+,44+,46?,47?,48-,54-;;/m1../s1. The third-order valence-corrected chi connectivity index (χ3v) is 15.2. The lowest BCUT2D eigenvalue weighted by Crippen LogP contribution is -2.60. The molecule has 2 saturated heterocycles. The summed E-state index contributed by atoms with van der Waals surface area (Å²) in [5, 5.41) is 56.5. The van der Waals surface area contributed by atoms with Crippen molar-refractivity contribution in [3.8, 4) is 0 Å². The second-order valence-electron chi connectivity index (χ2n) is 21.2. The van der Waals surface area contributed by atoms with Crippen molar-refractivity contribution in [2.45, 2.75) is 188 Å². The zero-order chi connectivity index (χ0) is 55.2. The maximum atomic E-state index is 14.4. The molecule has 1 amide bonds. The SMILES string of the molecule is CO.CO.CO[C@@H]1C[C@H](C[C@@H](C)C2CC(=O)[C@H](C)/C=C(\C)[C@@H](O)CC(=O)[C@H](C)C[C@H](C)/C=C/C=C/C=C(\C)CCC3CC[C@@H](C)[C@@](O)(O3)C(=O)C(=O)N3CCCC[C@H]3C(=O)O2)CCC1OC(=O)C(C)(CO)CO. The second-order valence-corrected chi connectivity index (χ2v) is 21.2. The van der Waals surface area contributed by atoms with E-state index in [1.54, 1.807) is 26.8 Å². The van der Waals surface area contributed by atoms with Crippen LogP contribution in [0.1, 0.15) is 145 Å². The molecule has 4 aliphatic rings. The summed E-state index contributed by atoms with van der Waals surface area (Å²) in [5.41, 5.74) is 0.0510. The molecule has 2 bridgehead atoms. The number of rotatable bonds is 8. The second kappa shape index (κ2) is 31.8. The van der Waals surface area contributed by atoms with Crippen LogP contribution in [0.3, 0.4) is 0 Å². The van der Waals surface area contributed by atoms with Crippen LogP contribution in [0, 0.1) is 40.9 Å². The number of nitrogens with zero attached hydrogens (tertiary/aromatic N) is 1. The van der Waals surface area contributed by atoms with Gasteiger partial charge in [-0.3, -0.25) is 24.0 Å². The first kappa shape index (κ1) is 65.2. The van der Waals surface area contributed by atoms with Crippen LogP contribution in [-0.4, -0.2) is 154 Å². The summed E-state index contributed by atoms with van der Waals surface area (Å²) in [6.45, 7) is 13.1. The van der Waals surface area contributed by atoms with Gasteiger partial charge in [0.15, 0.2) is 0 Å². The van der Waals surface area contributed by atoms with Crippen LogP contribution in [0.15, 0.2) is 47.6 Å². The van der Waals surface area contributed by atoms with Gasteiger partial charge in [0.1, 0.15) is 35.2 Å². The molecule has 1 saturated carbocycles. The Hall–Kier alpha value is -3.94. The maximum Gasteiger partial charge on any atom is 0.329 e. The highest BCUT2D eigenvalue weighted by Crippen LogP contribution is 2.38. The van der Waals surface area contributed by atoms with Crippen LogP contribution in [0.5, 0.6) is 0 Å². The van der Waals surface area contributed by atoms with Crippen LogP contribution in [0.25, 0.3) is 0 Å². The summed E-state index contributed by atoms with van der Waals surface area (Å²) in [4.78, 5) is 84.3. The van der Waals surface area contributed by atoms with Crippen LogP contribution in [0.2, 0.25) is 0 Å². The van der Waals surface area contributed by atoms with E-state index in [0.717, 1.165) is 19.8 Å². The number of hydrogen-bond donors (Lipinski definition) is 6. The average Bonchev–Trinajstić information content (AvgIpc) is 3.38. The Kier molecular flexibility index (Phi) is 28.4. The molecule has 13 atom stereocenters. The summed E-state index contributed by atoms with van der Waals surface area (Å²) in [6, 6.07) is -1.16. The van der Waals surface area contributed by atoms with E-state index < -0.39 is 102 Å². The molecule has 416 valence electrons. The lowest BCUT2D eigenvalue weighted by atomic mass is 9.78. The van der Waals surface area contributed by atoms with Crippen molar-refractivity contribution in [3.63, 3.8) is 0 Å². The predicted molar refractivity (Wildman–Crippen MR) is 275 cm³/mol. The topological polar surface area (TPSA) is 264 Å². The molecule has 0 aromatic rings. The molecule has 3 heterocycles. The fraction of sp³-hybridized carbons (Fsp3) is 0.750. The first-order valence-corrected chi connectivity index (χ1v) is 26.3. The summed E-state index contributed by atoms with van der Waals surface area (Å²) in [6.07, 6.45) is 13.5. The Morgan fingerprint density at radius 1 is 0.863 bits per heavy atom. The number of hydrogen-bond acceptors (Lipinski definition) is 16. The van der Waals surface area contributed by atoms with E-state index in [9.17, 15) is 49.2 Å². The van der Waals surface area contributed by atoms with Gasteiger partial charge >= 0.3 is 11.9 Å². The van der Waals surface area contributed by atoms with Gasteiger partial charge in [0.25, 0.3) is 11.7 Å². The number of amides is 1. The van der Waals surface area contributed by atoms with Crippen molar-refractivity contribution < 1.29 is 78.4 Å². The minimum absolute atomic E-state index is 0.0109. The summed E-state index contributed by atoms with van der Waals surface area (Å²) >= 11 is 0. The lowest BCUT2D eigenvalue weighted by molar-refractivity contribution is -0.263. The van der Waals surface area contributed by atoms with E-state index in [4.69, 9.17) is 29.2 Å². The number of Topliss-reactive ketones (excluding diaryl/α,β-unsaturated/α-hetero) is 3. The molecule has 17 heteroatoms. The number of methoxy groups -OCH3 is 1. The first-order valence-electron chi connectivity index (χ1n) is 26.3. The third-order valence-electron chi connectivity index (χ3n) is 15.2. The van der Waals surface area contributed by atoms with Gasteiger partial charge in [0.2, 0.25) is 5.79 Å². The Bertz CT molecular complexity index is 1910. The highest BCUT2D eigenvalue weighted by atomic mass is 16.6. The smallest absolute Gasteiger partial charge is 0.329 e. The third kappa shape index (κ3) is 19.0. The molecule has 0 aromatic carbocycles. The van der Waals surface area contributed by atoms with Crippen molar-refractivity contribution >= 4 is 35.2 Å². The van der Waals surface area contributed by atoms with Gasteiger partial charge in [0.05, 0.1) is 31.5 Å². The van der Waals surface area contributed by atoms with Crippen molar-refractivity contribution in [3.05, 3.63) is 47.6 Å². The van der Waals surface area contributed by atoms with E-state index in [0.29, 0.717) is 76.2 Å².